The second-order valence-electron chi connectivity index (χ2n) is 5.49. The van der Waals surface area contributed by atoms with Gasteiger partial charge in [0.25, 0.3) is 11.7 Å². The Hall–Kier alpha value is -2.55. The van der Waals surface area contributed by atoms with Crippen molar-refractivity contribution in [2.24, 2.45) is 5.73 Å². The Kier molecular flexibility index (Phi) is 6.62. The van der Waals surface area contributed by atoms with Gasteiger partial charge in [-0.1, -0.05) is 12.1 Å². The van der Waals surface area contributed by atoms with Gasteiger partial charge in [-0.15, -0.1) is 0 Å². The molecule has 0 atom stereocenters. The summed E-state index contributed by atoms with van der Waals surface area (Å²) >= 11 is 0.287. The summed E-state index contributed by atoms with van der Waals surface area (Å²) in [6.45, 7) is 3.39. The van der Waals surface area contributed by atoms with Crippen LogP contribution in [0.4, 0.5) is 14.5 Å². The molecule has 0 bridgehead atoms. The summed E-state index contributed by atoms with van der Waals surface area (Å²) in [6, 6.07) is 6.45. The number of rotatable bonds is 7. The fourth-order valence-electron chi connectivity index (χ4n) is 2.46. The lowest BCUT2D eigenvalue weighted by Crippen LogP contribution is -2.18. The van der Waals surface area contributed by atoms with Crippen molar-refractivity contribution in [1.82, 2.24) is 9.97 Å². The molecule has 2 rings (SSSR count). The highest BCUT2D eigenvalue weighted by Crippen LogP contribution is 2.24. The third-order valence-electron chi connectivity index (χ3n) is 3.66. The van der Waals surface area contributed by atoms with Gasteiger partial charge in [0.05, 0.1) is 11.3 Å². The summed E-state index contributed by atoms with van der Waals surface area (Å²) < 4.78 is 24.9. The number of alkyl halides is 2. The van der Waals surface area contributed by atoms with Crippen LogP contribution in [0.1, 0.15) is 33.7 Å². The minimum absolute atomic E-state index is 0.0126. The van der Waals surface area contributed by atoms with Crippen molar-refractivity contribution in [1.29, 1.82) is 0 Å². The molecule has 1 aromatic heterocycles. The van der Waals surface area contributed by atoms with Crippen molar-refractivity contribution in [3.63, 3.8) is 0 Å². The zero-order valence-corrected chi connectivity index (χ0v) is 15.1. The zero-order chi connectivity index (χ0) is 19.3. The number of halogens is 2. The number of aromatic nitrogens is 2. The number of primary amides is 1. The van der Waals surface area contributed by atoms with Crippen LogP contribution in [-0.2, 0) is 11.2 Å². The molecule has 9 heteroatoms. The van der Waals surface area contributed by atoms with Gasteiger partial charge >= 0.3 is 0 Å². The lowest BCUT2D eigenvalue weighted by molar-refractivity contribution is -0.116. The summed E-state index contributed by atoms with van der Waals surface area (Å²) in [7, 11) is 0. The number of para-hydroxylation sites is 1. The zero-order valence-electron chi connectivity index (χ0n) is 14.3. The molecular weight excluding hydrogens is 362 g/mol. The number of benzene rings is 1. The van der Waals surface area contributed by atoms with Gasteiger partial charge in [-0.05, 0) is 49.7 Å². The summed E-state index contributed by atoms with van der Waals surface area (Å²) in [4.78, 5) is 31.7. The Labute approximate surface area is 153 Å². The van der Waals surface area contributed by atoms with Gasteiger partial charge in [-0.3, -0.25) is 9.59 Å². The van der Waals surface area contributed by atoms with Crippen molar-refractivity contribution < 1.29 is 18.4 Å². The van der Waals surface area contributed by atoms with Crippen molar-refractivity contribution >= 4 is 29.3 Å². The number of thioether (sulfide) groups is 1. The van der Waals surface area contributed by atoms with E-state index in [4.69, 9.17) is 5.73 Å². The Balaban J connectivity index is 2.05. The van der Waals surface area contributed by atoms with Gasteiger partial charge in [0, 0.05) is 17.8 Å². The van der Waals surface area contributed by atoms with E-state index in [1.807, 2.05) is 0 Å². The van der Waals surface area contributed by atoms with Crippen LogP contribution in [0, 0.1) is 13.8 Å². The molecule has 2 amide bonds. The fourth-order valence-corrected chi connectivity index (χ4v) is 3.00. The molecule has 0 radical (unpaired) electrons. The van der Waals surface area contributed by atoms with Gasteiger partial charge in [0.1, 0.15) is 0 Å². The topological polar surface area (TPSA) is 98.0 Å². The van der Waals surface area contributed by atoms with Crippen LogP contribution >= 0.6 is 11.8 Å². The molecule has 0 saturated heterocycles. The first-order valence-electron chi connectivity index (χ1n) is 7.75. The molecule has 3 N–H and O–H groups in total. The third-order valence-corrected chi connectivity index (χ3v) is 4.23. The molecule has 0 aliphatic carbocycles. The number of nitrogens with zero attached hydrogens (tertiary/aromatic N) is 2. The maximum atomic E-state index is 12.4. The van der Waals surface area contributed by atoms with Gasteiger partial charge in [0.2, 0.25) is 5.91 Å². The monoisotopic (exact) mass is 380 g/mol. The van der Waals surface area contributed by atoms with Crippen LogP contribution in [0.25, 0.3) is 0 Å². The van der Waals surface area contributed by atoms with Crippen LogP contribution in [0.2, 0.25) is 0 Å². The first kappa shape index (κ1) is 19.8. The largest absolute Gasteiger partial charge is 0.366 e. The van der Waals surface area contributed by atoms with E-state index >= 15 is 0 Å². The molecule has 0 saturated carbocycles. The number of carbonyl (C=O) groups excluding carboxylic acids is 2. The molecular formula is C17H18F2N4O2S. The maximum absolute atomic E-state index is 12.4. The average molecular weight is 380 g/mol. The highest BCUT2D eigenvalue weighted by atomic mass is 32.2. The van der Waals surface area contributed by atoms with Gasteiger partial charge < -0.3 is 11.1 Å². The number of aryl methyl sites for hydroxylation is 2. The highest BCUT2D eigenvalue weighted by molar-refractivity contribution is 7.99. The number of nitrogens with one attached hydrogen (secondary N) is 1. The molecule has 0 unspecified atom stereocenters. The SMILES string of the molecule is Cc1nc(SC(F)F)nc(C)c1CCC(=O)Nc1ccccc1C(N)=O. The van der Waals surface area contributed by atoms with E-state index in [-0.39, 0.29) is 34.8 Å². The van der Waals surface area contributed by atoms with Gasteiger partial charge in [-0.2, -0.15) is 8.78 Å². The Morgan fingerprint density at radius 2 is 1.81 bits per heavy atom. The molecule has 0 aliphatic rings. The molecule has 1 heterocycles. The van der Waals surface area contributed by atoms with Crippen LogP contribution in [0.15, 0.2) is 29.4 Å². The van der Waals surface area contributed by atoms with E-state index in [1.165, 1.54) is 6.07 Å². The summed E-state index contributed by atoms with van der Waals surface area (Å²) in [6.07, 6.45) is 0.474. The summed E-state index contributed by atoms with van der Waals surface area (Å²) in [5.41, 5.74) is 7.71. The number of nitrogens with two attached hydrogens (primary N) is 1. The van der Waals surface area contributed by atoms with Crippen molar-refractivity contribution in [2.75, 3.05) is 5.32 Å². The van der Waals surface area contributed by atoms with Crippen molar-refractivity contribution in [3.05, 3.63) is 46.8 Å². The smallest absolute Gasteiger partial charge is 0.291 e. The van der Waals surface area contributed by atoms with E-state index in [0.717, 1.165) is 5.56 Å². The van der Waals surface area contributed by atoms with Crippen molar-refractivity contribution in [2.45, 2.75) is 37.6 Å². The molecule has 138 valence electrons. The number of hydrogen-bond acceptors (Lipinski definition) is 5. The van der Waals surface area contributed by atoms with Gasteiger partial charge in [-0.25, -0.2) is 9.97 Å². The molecule has 2 aromatic rings. The standard InChI is InChI=1S/C17H18F2N4O2S/c1-9-11(10(2)22-17(21-9)26-16(18)19)7-8-14(24)23-13-6-4-3-5-12(13)15(20)25/h3-6,16H,7-8H2,1-2H3,(H2,20,25)(H,23,24). The maximum Gasteiger partial charge on any atom is 0.291 e. The lowest BCUT2D eigenvalue weighted by atomic mass is 10.1. The van der Waals surface area contributed by atoms with E-state index < -0.39 is 11.7 Å². The van der Waals surface area contributed by atoms with E-state index in [9.17, 15) is 18.4 Å². The molecule has 6 nitrogen and oxygen atoms in total. The normalized spacial score (nSPS) is 10.8. The summed E-state index contributed by atoms with van der Waals surface area (Å²) in [5.74, 6) is -3.52. The Morgan fingerprint density at radius 1 is 1.19 bits per heavy atom. The molecule has 0 fully saturated rings. The Bertz CT molecular complexity index is 807. The molecule has 0 aliphatic heterocycles. The summed E-state index contributed by atoms with van der Waals surface area (Å²) in [5, 5.41) is 2.67. The predicted octanol–water partition coefficient (Wildman–Crippen LogP) is 3.08. The van der Waals surface area contributed by atoms with Crippen LogP contribution in [0.5, 0.6) is 0 Å². The van der Waals surface area contributed by atoms with E-state index in [2.05, 4.69) is 15.3 Å². The second-order valence-corrected chi connectivity index (χ2v) is 6.45. The van der Waals surface area contributed by atoms with Crippen LogP contribution in [-0.4, -0.2) is 27.5 Å². The minimum Gasteiger partial charge on any atom is -0.366 e. The van der Waals surface area contributed by atoms with E-state index in [0.29, 0.717) is 23.5 Å². The lowest BCUT2D eigenvalue weighted by Gasteiger charge is -2.11. The predicted molar refractivity (Wildman–Crippen MR) is 95.3 cm³/mol. The first-order valence-corrected chi connectivity index (χ1v) is 8.63. The van der Waals surface area contributed by atoms with Gasteiger partial charge in [0.15, 0.2) is 5.16 Å². The van der Waals surface area contributed by atoms with E-state index in [1.54, 1.807) is 32.0 Å². The van der Waals surface area contributed by atoms with Crippen LogP contribution in [0.3, 0.4) is 0 Å². The van der Waals surface area contributed by atoms with Crippen molar-refractivity contribution in [3.8, 4) is 0 Å². The highest BCUT2D eigenvalue weighted by Gasteiger charge is 2.15. The minimum atomic E-state index is -2.59. The average Bonchev–Trinajstić information content (AvgIpc) is 2.53. The number of anilines is 1. The fraction of sp³-hybridized carbons (Fsp3) is 0.294. The number of hydrogen-bond donors (Lipinski definition) is 2. The number of carbonyl (C=O) groups is 2. The third kappa shape index (κ3) is 5.22. The molecule has 26 heavy (non-hydrogen) atoms. The second kappa shape index (κ2) is 8.70. The Morgan fingerprint density at radius 3 is 2.38 bits per heavy atom. The number of amides is 2. The van der Waals surface area contributed by atoms with Crippen LogP contribution < -0.4 is 11.1 Å². The molecule has 0 spiro atoms. The molecule has 1 aromatic carbocycles. The quantitative estimate of drug-likeness (QED) is 0.568. The first-order chi connectivity index (χ1) is 12.3.